The van der Waals surface area contributed by atoms with E-state index in [1.807, 2.05) is 0 Å². The van der Waals surface area contributed by atoms with Crippen LogP contribution < -0.4 is 15.4 Å². The SMILES string of the molecule is CC(C)N1CCN(c2c(F)cc(OCCOC(=O)[C@@H](C)N)cc2F)CC1. The van der Waals surface area contributed by atoms with Crippen LogP contribution in [0.2, 0.25) is 0 Å². The first-order chi connectivity index (χ1) is 12.3. The average molecular weight is 371 g/mol. The monoisotopic (exact) mass is 371 g/mol. The van der Waals surface area contributed by atoms with Gasteiger partial charge in [-0.15, -0.1) is 0 Å². The molecule has 0 saturated carbocycles. The van der Waals surface area contributed by atoms with Gasteiger partial charge in [0, 0.05) is 44.4 Å². The highest BCUT2D eigenvalue weighted by Gasteiger charge is 2.24. The summed E-state index contributed by atoms with van der Waals surface area (Å²) in [6, 6.07) is 2.00. The molecule has 1 aliphatic heterocycles. The van der Waals surface area contributed by atoms with Gasteiger partial charge in [-0.1, -0.05) is 0 Å². The number of nitrogens with two attached hydrogens (primary N) is 1. The summed E-state index contributed by atoms with van der Waals surface area (Å²) < 4.78 is 38.9. The van der Waals surface area contributed by atoms with E-state index in [-0.39, 0.29) is 24.7 Å². The van der Waals surface area contributed by atoms with Crippen molar-refractivity contribution in [1.82, 2.24) is 4.90 Å². The van der Waals surface area contributed by atoms with Gasteiger partial charge in [0.05, 0.1) is 0 Å². The van der Waals surface area contributed by atoms with E-state index < -0.39 is 23.6 Å². The lowest BCUT2D eigenvalue weighted by Crippen LogP contribution is -2.49. The molecule has 0 amide bonds. The average Bonchev–Trinajstić information content (AvgIpc) is 2.58. The van der Waals surface area contributed by atoms with Gasteiger partial charge in [-0.3, -0.25) is 9.69 Å². The zero-order valence-electron chi connectivity index (χ0n) is 15.5. The summed E-state index contributed by atoms with van der Waals surface area (Å²) >= 11 is 0. The maximum absolute atomic E-state index is 14.4. The Morgan fingerprint density at radius 2 is 1.69 bits per heavy atom. The smallest absolute Gasteiger partial charge is 0.322 e. The molecule has 0 spiro atoms. The molecule has 146 valence electrons. The molecule has 0 radical (unpaired) electrons. The van der Waals surface area contributed by atoms with Crippen LogP contribution in [-0.4, -0.2) is 62.3 Å². The Balaban J connectivity index is 1.93. The van der Waals surface area contributed by atoms with Crippen molar-refractivity contribution in [2.75, 3.05) is 44.3 Å². The minimum atomic E-state index is -0.722. The van der Waals surface area contributed by atoms with Crippen LogP contribution in [0.25, 0.3) is 0 Å². The van der Waals surface area contributed by atoms with Gasteiger partial charge in [-0.05, 0) is 20.8 Å². The summed E-state index contributed by atoms with van der Waals surface area (Å²) in [7, 11) is 0. The molecule has 0 aromatic heterocycles. The molecule has 1 atom stereocenters. The van der Waals surface area contributed by atoms with Gasteiger partial charge in [-0.2, -0.15) is 0 Å². The topological polar surface area (TPSA) is 68.0 Å². The number of carbonyl (C=O) groups excluding carboxylic acids is 1. The number of anilines is 1. The van der Waals surface area contributed by atoms with Gasteiger partial charge < -0.3 is 20.1 Å². The van der Waals surface area contributed by atoms with Crippen molar-refractivity contribution in [3.8, 4) is 5.75 Å². The molecule has 2 rings (SSSR count). The van der Waals surface area contributed by atoms with Crippen molar-refractivity contribution in [2.45, 2.75) is 32.9 Å². The second-order valence-electron chi connectivity index (χ2n) is 6.66. The molecule has 0 bridgehead atoms. The van der Waals surface area contributed by atoms with Gasteiger partial charge in [0.1, 0.15) is 30.7 Å². The Labute approximate surface area is 152 Å². The van der Waals surface area contributed by atoms with Gasteiger partial charge in [0.15, 0.2) is 11.6 Å². The van der Waals surface area contributed by atoms with Gasteiger partial charge in [0.2, 0.25) is 0 Å². The predicted octanol–water partition coefficient (Wildman–Crippen LogP) is 1.76. The first kappa shape index (κ1) is 20.4. The second-order valence-corrected chi connectivity index (χ2v) is 6.66. The fourth-order valence-electron chi connectivity index (χ4n) is 2.82. The highest BCUT2D eigenvalue weighted by atomic mass is 19.1. The van der Waals surface area contributed by atoms with Crippen molar-refractivity contribution in [3.05, 3.63) is 23.8 Å². The van der Waals surface area contributed by atoms with Gasteiger partial charge in [-0.25, -0.2) is 8.78 Å². The van der Waals surface area contributed by atoms with Crippen LogP contribution in [-0.2, 0) is 9.53 Å². The molecule has 1 fully saturated rings. The van der Waals surface area contributed by atoms with Gasteiger partial charge in [0.25, 0.3) is 0 Å². The first-order valence-electron chi connectivity index (χ1n) is 8.82. The molecule has 26 heavy (non-hydrogen) atoms. The molecule has 1 aliphatic rings. The molecular formula is C18H27F2N3O3. The van der Waals surface area contributed by atoms with Crippen molar-refractivity contribution < 1.29 is 23.0 Å². The molecular weight excluding hydrogens is 344 g/mol. The maximum Gasteiger partial charge on any atom is 0.322 e. The second kappa shape index (κ2) is 9.14. The van der Waals surface area contributed by atoms with E-state index in [0.29, 0.717) is 19.1 Å². The van der Waals surface area contributed by atoms with Crippen molar-refractivity contribution in [2.24, 2.45) is 5.73 Å². The van der Waals surface area contributed by atoms with E-state index >= 15 is 0 Å². The standard InChI is InChI=1S/C18H27F2N3O3/c1-12(2)22-4-6-23(7-5-22)17-15(19)10-14(11-16(17)20)25-8-9-26-18(24)13(3)21/h10-13H,4-9,21H2,1-3H3/t13-/m1/s1. The number of piperazine rings is 1. The molecule has 0 aliphatic carbocycles. The summed E-state index contributed by atoms with van der Waals surface area (Å²) in [5.41, 5.74) is 5.34. The predicted molar refractivity (Wildman–Crippen MR) is 95.4 cm³/mol. The third-order valence-electron chi connectivity index (χ3n) is 4.32. The number of rotatable bonds is 7. The lowest BCUT2D eigenvalue weighted by Gasteiger charge is -2.38. The lowest BCUT2D eigenvalue weighted by atomic mass is 10.2. The number of carbonyl (C=O) groups is 1. The molecule has 1 aromatic carbocycles. The Morgan fingerprint density at radius 3 is 2.19 bits per heavy atom. The van der Waals surface area contributed by atoms with E-state index in [9.17, 15) is 13.6 Å². The lowest BCUT2D eigenvalue weighted by molar-refractivity contribution is -0.145. The van der Waals surface area contributed by atoms with E-state index in [1.165, 1.54) is 6.92 Å². The Hall–Kier alpha value is -1.93. The number of esters is 1. The van der Waals surface area contributed by atoms with Crippen LogP contribution in [0, 0.1) is 11.6 Å². The van der Waals surface area contributed by atoms with Gasteiger partial charge >= 0.3 is 5.97 Å². The number of hydrogen-bond acceptors (Lipinski definition) is 6. The Kier molecular flexibility index (Phi) is 7.16. The molecule has 6 nitrogen and oxygen atoms in total. The van der Waals surface area contributed by atoms with Crippen LogP contribution in [0.4, 0.5) is 14.5 Å². The van der Waals surface area contributed by atoms with E-state index in [2.05, 4.69) is 18.7 Å². The maximum atomic E-state index is 14.4. The molecule has 1 saturated heterocycles. The fourth-order valence-corrected chi connectivity index (χ4v) is 2.82. The third kappa shape index (κ3) is 5.28. The Bertz CT molecular complexity index is 595. The third-order valence-corrected chi connectivity index (χ3v) is 4.32. The summed E-state index contributed by atoms with van der Waals surface area (Å²) in [5, 5.41) is 0. The number of hydrogen-bond donors (Lipinski definition) is 1. The molecule has 1 heterocycles. The molecule has 2 N–H and O–H groups in total. The minimum absolute atomic E-state index is 0.0102. The summed E-state index contributed by atoms with van der Waals surface area (Å²) in [5.74, 6) is -1.82. The normalized spacial score (nSPS) is 16.7. The largest absolute Gasteiger partial charge is 0.490 e. The van der Waals surface area contributed by atoms with Crippen molar-refractivity contribution in [1.29, 1.82) is 0 Å². The number of benzene rings is 1. The zero-order valence-corrected chi connectivity index (χ0v) is 15.5. The number of ether oxygens (including phenoxy) is 2. The summed E-state index contributed by atoms with van der Waals surface area (Å²) in [4.78, 5) is 15.2. The van der Waals surface area contributed by atoms with Crippen LogP contribution in [0.3, 0.4) is 0 Å². The van der Waals surface area contributed by atoms with Crippen LogP contribution in [0.1, 0.15) is 20.8 Å². The number of halogens is 2. The zero-order chi connectivity index (χ0) is 19.3. The highest BCUT2D eigenvalue weighted by molar-refractivity contribution is 5.74. The number of nitrogens with zero attached hydrogens (tertiary/aromatic N) is 2. The first-order valence-corrected chi connectivity index (χ1v) is 8.82. The molecule has 1 aromatic rings. The van der Waals surface area contributed by atoms with Crippen LogP contribution in [0.5, 0.6) is 5.75 Å². The quantitative estimate of drug-likeness (QED) is 0.582. The minimum Gasteiger partial charge on any atom is -0.490 e. The van der Waals surface area contributed by atoms with Crippen molar-refractivity contribution >= 4 is 11.7 Å². The highest BCUT2D eigenvalue weighted by Crippen LogP contribution is 2.29. The molecule has 0 unspecified atom stereocenters. The van der Waals surface area contributed by atoms with Crippen molar-refractivity contribution in [3.63, 3.8) is 0 Å². The Morgan fingerprint density at radius 1 is 1.12 bits per heavy atom. The van der Waals surface area contributed by atoms with E-state index in [1.54, 1.807) is 4.90 Å². The van der Waals surface area contributed by atoms with E-state index in [4.69, 9.17) is 15.2 Å². The van der Waals surface area contributed by atoms with Crippen LogP contribution >= 0.6 is 0 Å². The summed E-state index contributed by atoms with van der Waals surface area (Å²) in [6.45, 7) is 8.33. The van der Waals surface area contributed by atoms with E-state index in [0.717, 1.165) is 25.2 Å². The molecule has 8 heteroatoms. The van der Waals surface area contributed by atoms with Crippen LogP contribution in [0.15, 0.2) is 12.1 Å². The fraction of sp³-hybridized carbons (Fsp3) is 0.611. The summed E-state index contributed by atoms with van der Waals surface area (Å²) in [6.07, 6.45) is 0.